The highest BCUT2D eigenvalue weighted by atomic mass is 19.1. The van der Waals surface area contributed by atoms with E-state index in [1.165, 1.54) is 25.0 Å². The van der Waals surface area contributed by atoms with Crippen LogP contribution in [0.4, 0.5) is 10.3 Å². The highest BCUT2D eigenvalue weighted by Crippen LogP contribution is 2.33. The molecule has 28 heavy (non-hydrogen) atoms. The summed E-state index contributed by atoms with van der Waals surface area (Å²) in [6, 6.07) is 6.43. The van der Waals surface area contributed by atoms with Crippen LogP contribution in [0.1, 0.15) is 37.3 Å². The number of piperidine rings is 1. The van der Waals surface area contributed by atoms with Crippen molar-refractivity contribution in [2.75, 3.05) is 38.5 Å². The van der Waals surface area contributed by atoms with Crippen LogP contribution in [0.15, 0.2) is 30.5 Å². The van der Waals surface area contributed by atoms with E-state index >= 15 is 0 Å². The summed E-state index contributed by atoms with van der Waals surface area (Å²) >= 11 is 0. The molecule has 7 heteroatoms. The third kappa shape index (κ3) is 4.14. The molecule has 0 radical (unpaired) electrons. The van der Waals surface area contributed by atoms with Crippen LogP contribution in [0.3, 0.4) is 0 Å². The molecule has 4 rings (SSSR count). The number of hydrogen-bond donors (Lipinski definition) is 1. The van der Waals surface area contributed by atoms with Crippen molar-refractivity contribution in [2.24, 2.45) is 0 Å². The number of carbonyl (C=O) groups excluding carboxylic acids is 1. The molecule has 6 nitrogen and oxygen atoms in total. The number of hydrogen-bond acceptors (Lipinski definition) is 5. The molecule has 3 heterocycles. The van der Waals surface area contributed by atoms with Crippen LogP contribution in [0.2, 0.25) is 0 Å². The predicted octanol–water partition coefficient (Wildman–Crippen LogP) is 2.67. The van der Waals surface area contributed by atoms with E-state index in [1.54, 1.807) is 12.3 Å². The largest absolute Gasteiger partial charge is 0.368 e. The number of benzene rings is 1. The Morgan fingerprint density at radius 1 is 1.21 bits per heavy atom. The summed E-state index contributed by atoms with van der Waals surface area (Å²) in [5, 5.41) is 0. The van der Waals surface area contributed by atoms with E-state index in [9.17, 15) is 9.18 Å². The number of nitrogens with zero attached hydrogens (tertiary/aromatic N) is 4. The first-order chi connectivity index (χ1) is 13.6. The Kier molecular flexibility index (Phi) is 5.52. The quantitative estimate of drug-likeness (QED) is 0.879. The minimum absolute atomic E-state index is 0.0693. The third-order valence-corrected chi connectivity index (χ3v) is 5.69. The minimum atomic E-state index is -0.300. The van der Waals surface area contributed by atoms with Gasteiger partial charge in [0, 0.05) is 30.8 Å². The normalized spacial score (nSPS) is 20.5. The number of aromatic nitrogens is 2. The zero-order valence-corrected chi connectivity index (χ0v) is 16.0. The van der Waals surface area contributed by atoms with Crippen LogP contribution in [0.25, 0.3) is 11.1 Å². The van der Waals surface area contributed by atoms with Crippen LogP contribution in [0.5, 0.6) is 0 Å². The molecule has 0 saturated carbocycles. The molecule has 2 N–H and O–H groups in total. The van der Waals surface area contributed by atoms with Gasteiger partial charge in [-0.25, -0.2) is 14.4 Å². The molecule has 2 aliphatic heterocycles. The van der Waals surface area contributed by atoms with Crippen LogP contribution in [0, 0.1) is 5.82 Å². The number of anilines is 1. The SMILES string of the molecule is Nc1ncc(-c2cccc(F)c2)c([C@@H]2CCCN(C(=O)CN3CCCC3)C2)n1. The van der Waals surface area contributed by atoms with Gasteiger partial charge in [0.25, 0.3) is 0 Å². The number of nitrogen functional groups attached to an aromatic ring is 1. The Hall–Kier alpha value is -2.54. The van der Waals surface area contributed by atoms with Gasteiger partial charge in [-0.1, -0.05) is 12.1 Å². The Labute approximate surface area is 164 Å². The smallest absolute Gasteiger partial charge is 0.236 e. The maximum absolute atomic E-state index is 13.7. The maximum atomic E-state index is 13.7. The standard InChI is InChI=1S/C21H26FN5O/c22-17-7-3-5-15(11-17)18-12-24-21(23)25-20(18)16-6-4-10-27(13-16)19(28)14-26-8-1-2-9-26/h3,5,7,11-12,16H,1-2,4,6,8-10,13-14H2,(H2,23,24,25)/t16-/m1/s1. The minimum Gasteiger partial charge on any atom is -0.368 e. The van der Waals surface area contributed by atoms with E-state index in [0.717, 1.165) is 49.3 Å². The van der Waals surface area contributed by atoms with E-state index in [1.807, 2.05) is 11.0 Å². The molecule has 1 aromatic heterocycles. The highest BCUT2D eigenvalue weighted by Gasteiger charge is 2.29. The Bertz CT molecular complexity index is 852. The first kappa shape index (κ1) is 18.8. The molecule has 2 saturated heterocycles. The zero-order chi connectivity index (χ0) is 19.5. The first-order valence-corrected chi connectivity index (χ1v) is 9.98. The second-order valence-corrected chi connectivity index (χ2v) is 7.70. The molecular formula is C21H26FN5O. The van der Waals surface area contributed by atoms with E-state index < -0.39 is 0 Å². The fourth-order valence-electron chi connectivity index (χ4n) is 4.26. The second-order valence-electron chi connectivity index (χ2n) is 7.70. The summed E-state index contributed by atoms with van der Waals surface area (Å²) in [4.78, 5) is 25.6. The fourth-order valence-corrected chi connectivity index (χ4v) is 4.26. The lowest BCUT2D eigenvalue weighted by Gasteiger charge is -2.34. The van der Waals surface area contributed by atoms with Crippen molar-refractivity contribution in [3.05, 3.63) is 42.0 Å². The maximum Gasteiger partial charge on any atom is 0.236 e. The van der Waals surface area contributed by atoms with Crippen LogP contribution in [-0.2, 0) is 4.79 Å². The first-order valence-electron chi connectivity index (χ1n) is 9.98. The Morgan fingerprint density at radius 3 is 2.82 bits per heavy atom. The predicted molar refractivity (Wildman–Crippen MR) is 106 cm³/mol. The van der Waals surface area contributed by atoms with Gasteiger partial charge < -0.3 is 10.6 Å². The van der Waals surface area contributed by atoms with Crippen molar-refractivity contribution < 1.29 is 9.18 Å². The molecule has 0 unspecified atom stereocenters. The van der Waals surface area contributed by atoms with Gasteiger partial charge >= 0.3 is 0 Å². The lowest BCUT2D eigenvalue weighted by Crippen LogP contribution is -2.44. The molecular weight excluding hydrogens is 357 g/mol. The number of rotatable bonds is 4. The van der Waals surface area contributed by atoms with Gasteiger partial charge in [-0.3, -0.25) is 9.69 Å². The summed E-state index contributed by atoms with van der Waals surface area (Å²) < 4.78 is 13.7. The fraction of sp³-hybridized carbons (Fsp3) is 0.476. The van der Waals surface area contributed by atoms with Crippen LogP contribution >= 0.6 is 0 Å². The van der Waals surface area contributed by atoms with E-state index in [-0.39, 0.29) is 23.6 Å². The van der Waals surface area contributed by atoms with Crippen molar-refractivity contribution >= 4 is 11.9 Å². The van der Waals surface area contributed by atoms with E-state index in [2.05, 4.69) is 14.9 Å². The highest BCUT2D eigenvalue weighted by molar-refractivity contribution is 5.78. The molecule has 2 fully saturated rings. The molecule has 1 atom stereocenters. The summed E-state index contributed by atoms with van der Waals surface area (Å²) in [5.41, 5.74) is 8.18. The van der Waals surface area contributed by atoms with Gasteiger partial charge in [-0.05, 0) is 56.5 Å². The van der Waals surface area contributed by atoms with Gasteiger partial charge in [-0.2, -0.15) is 0 Å². The molecule has 2 aromatic rings. The second kappa shape index (κ2) is 8.22. The molecule has 0 aliphatic carbocycles. The molecule has 148 valence electrons. The summed E-state index contributed by atoms with van der Waals surface area (Å²) in [6.45, 7) is 3.91. The summed E-state index contributed by atoms with van der Waals surface area (Å²) in [6.07, 6.45) is 5.85. The molecule has 0 bridgehead atoms. The molecule has 1 aromatic carbocycles. The number of nitrogens with two attached hydrogens (primary N) is 1. The lowest BCUT2D eigenvalue weighted by atomic mass is 9.90. The van der Waals surface area contributed by atoms with Gasteiger partial charge in [0.05, 0.1) is 12.2 Å². The van der Waals surface area contributed by atoms with Crippen molar-refractivity contribution in [1.29, 1.82) is 0 Å². The molecule has 2 aliphatic rings. The third-order valence-electron chi connectivity index (χ3n) is 5.69. The van der Waals surface area contributed by atoms with Gasteiger partial charge in [0.1, 0.15) is 5.82 Å². The monoisotopic (exact) mass is 383 g/mol. The van der Waals surface area contributed by atoms with Crippen molar-refractivity contribution in [3.63, 3.8) is 0 Å². The van der Waals surface area contributed by atoms with Crippen molar-refractivity contribution in [1.82, 2.24) is 19.8 Å². The van der Waals surface area contributed by atoms with E-state index in [0.29, 0.717) is 13.1 Å². The Morgan fingerprint density at radius 2 is 2.04 bits per heavy atom. The van der Waals surface area contributed by atoms with Gasteiger partial charge in [0.2, 0.25) is 11.9 Å². The zero-order valence-electron chi connectivity index (χ0n) is 16.0. The average molecular weight is 383 g/mol. The molecule has 0 spiro atoms. The summed E-state index contributed by atoms with van der Waals surface area (Å²) in [5.74, 6) is 0.155. The average Bonchev–Trinajstić information content (AvgIpc) is 3.21. The summed E-state index contributed by atoms with van der Waals surface area (Å²) in [7, 11) is 0. The Balaban J connectivity index is 1.56. The number of halogens is 1. The number of amides is 1. The van der Waals surface area contributed by atoms with Crippen molar-refractivity contribution in [2.45, 2.75) is 31.6 Å². The van der Waals surface area contributed by atoms with E-state index in [4.69, 9.17) is 5.73 Å². The lowest BCUT2D eigenvalue weighted by molar-refractivity contribution is -0.133. The number of carbonyl (C=O) groups is 1. The number of likely N-dealkylation sites (tertiary alicyclic amines) is 2. The molecule has 1 amide bonds. The van der Waals surface area contributed by atoms with Crippen molar-refractivity contribution in [3.8, 4) is 11.1 Å². The van der Waals surface area contributed by atoms with Crippen LogP contribution < -0.4 is 5.73 Å². The topological polar surface area (TPSA) is 75.3 Å². The van der Waals surface area contributed by atoms with Gasteiger partial charge in [-0.15, -0.1) is 0 Å². The van der Waals surface area contributed by atoms with Gasteiger partial charge in [0.15, 0.2) is 0 Å². The van der Waals surface area contributed by atoms with Crippen LogP contribution in [-0.4, -0.2) is 58.4 Å².